The molecule has 0 aliphatic carbocycles. The third kappa shape index (κ3) is 5.69. The molecule has 1 atom stereocenters. The molecular formula is C23H28N2O2. The normalized spacial score (nSPS) is 17.3. The Balaban J connectivity index is 1.54. The zero-order valence-corrected chi connectivity index (χ0v) is 16.0. The van der Waals surface area contributed by atoms with E-state index >= 15 is 0 Å². The number of anilines is 1. The van der Waals surface area contributed by atoms with E-state index in [0.717, 1.165) is 30.4 Å². The molecule has 1 heterocycles. The van der Waals surface area contributed by atoms with Crippen LogP contribution in [0.5, 0.6) is 5.75 Å². The third-order valence-corrected chi connectivity index (χ3v) is 4.84. The van der Waals surface area contributed by atoms with Gasteiger partial charge in [0.2, 0.25) is 0 Å². The van der Waals surface area contributed by atoms with Crippen molar-refractivity contribution in [2.24, 2.45) is 5.92 Å². The Morgan fingerprint density at radius 2 is 1.96 bits per heavy atom. The van der Waals surface area contributed by atoms with Crippen LogP contribution in [0.3, 0.4) is 0 Å². The third-order valence-electron chi connectivity index (χ3n) is 4.84. The lowest BCUT2D eigenvalue weighted by atomic mass is 9.99. The first-order valence-corrected chi connectivity index (χ1v) is 9.60. The van der Waals surface area contributed by atoms with E-state index in [-0.39, 0.29) is 5.91 Å². The molecule has 142 valence electrons. The summed E-state index contributed by atoms with van der Waals surface area (Å²) in [5, 5.41) is 2.92. The fourth-order valence-electron chi connectivity index (χ4n) is 3.44. The van der Waals surface area contributed by atoms with Crippen molar-refractivity contribution in [1.29, 1.82) is 0 Å². The molecule has 3 rings (SSSR count). The summed E-state index contributed by atoms with van der Waals surface area (Å²) in [5.74, 6) is 1.43. The van der Waals surface area contributed by atoms with Crippen LogP contribution in [0.2, 0.25) is 0 Å². The Morgan fingerprint density at radius 3 is 2.63 bits per heavy atom. The van der Waals surface area contributed by atoms with Crippen molar-refractivity contribution in [2.45, 2.75) is 26.3 Å². The van der Waals surface area contributed by atoms with E-state index in [1.54, 1.807) is 6.08 Å². The summed E-state index contributed by atoms with van der Waals surface area (Å²) in [4.78, 5) is 14.9. The minimum atomic E-state index is -0.104. The Kier molecular flexibility index (Phi) is 6.66. The van der Waals surface area contributed by atoms with Crippen molar-refractivity contribution >= 4 is 11.6 Å². The molecule has 1 N–H and O–H groups in total. The number of benzene rings is 2. The molecule has 2 aromatic carbocycles. The smallest absolute Gasteiger partial charge is 0.255 e. The van der Waals surface area contributed by atoms with Crippen molar-refractivity contribution in [3.8, 4) is 5.75 Å². The fraction of sp³-hybridized carbons (Fsp3) is 0.348. The van der Waals surface area contributed by atoms with Crippen LogP contribution in [0.4, 0.5) is 5.69 Å². The van der Waals surface area contributed by atoms with E-state index in [0.29, 0.717) is 12.2 Å². The molecule has 0 spiro atoms. The van der Waals surface area contributed by atoms with Gasteiger partial charge in [-0.3, -0.25) is 9.69 Å². The van der Waals surface area contributed by atoms with E-state index in [9.17, 15) is 4.79 Å². The SMILES string of the molecule is C=CCOc1ccc(NC(=O)c2ccc(CN3CCC[C@@H](C)C3)cc2)cc1. The van der Waals surface area contributed by atoms with Crippen molar-refractivity contribution in [2.75, 3.05) is 25.0 Å². The minimum absolute atomic E-state index is 0.104. The van der Waals surface area contributed by atoms with E-state index < -0.39 is 0 Å². The maximum absolute atomic E-state index is 12.4. The molecule has 0 saturated carbocycles. The lowest BCUT2D eigenvalue weighted by Crippen LogP contribution is -2.33. The summed E-state index contributed by atoms with van der Waals surface area (Å²) in [5.41, 5.74) is 2.67. The zero-order chi connectivity index (χ0) is 19.1. The van der Waals surface area contributed by atoms with Gasteiger partial charge in [0.25, 0.3) is 5.91 Å². The molecule has 0 unspecified atom stereocenters. The first-order valence-electron chi connectivity index (χ1n) is 9.60. The van der Waals surface area contributed by atoms with Gasteiger partial charge in [-0.25, -0.2) is 0 Å². The summed E-state index contributed by atoms with van der Waals surface area (Å²) in [6, 6.07) is 15.3. The second-order valence-corrected chi connectivity index (χ2v) is 7.26. The Hall–Kier alpha value is -2.59. The highest BCUT2D eigenvalue weighted by Crippen LogP contribution is 2.19. The second kappa shape index (κ2) is 9.38. The summed E-state index contributed by atoms with van der Waals surface area (Å²) in [7, 11) is 0. The average molecular weight is 364 g/mol. The van der Waals surface area contributed by atoms with Gasteiger partial charge in [-0.1, -0.05) is 31.7 Å². The molecule has 1 aliphatic heterocycles. The number of ether oxygens (including phenoxy) is 1. The molecule has 27 heavy (non-hydrogen) atoms. The predicted octanol–water partition coefficient (Wildman–Crippen LogP) is 4.74. The monoisotopic (exact) mass is 364 g/mol. The summed E-state index contributed by atoms with van der Waals surface area (Å²) < 4.78 is 5.45. The maximum Gasteiger partial charge on any atom is 0.255 e. The highest BCUT2D eigenvalue weighted by atomic mass is 16.5. The molecule has 1 aliphatic rings. The van der Waals surface area contributed by atoms with Crippen LogP contribution in [0.15, 0.2) is 61.2 Å². The van der Waals surface area contributed by atoms with Crippen LogP contribution in [-0.4, -0.2) is 30.5 Å². The summed E-state index contributed by atoms with van der Waals surface area (Å²) >= 11 is 0. The lowest BCUT2D eigenvalue weighted by Gasteiger charge is -2.30. The van der Waals surface area contributed by atoms with Gasteiger partial charge in [-0.15, -0.1) is 0 Å². The van der Waals surface area contributed by atoms with Gasteiger partial charge in [-0.05, 0) is 67.3 Å². The number of amides is 1. The quantitative estimate of drug-likeness (QED) is 0.722. The highest BCUT2D eigenvalue weighted by Gasteiger charge is 2.16. The van der Waals surface area contributed by atoms with Crippen LogP contribution < -0.4 is 10.1 Å². The molecule has 4 heteroatoms. The van der Waals surface area contributed by atoms with E-state index in [1.165, 1.54) is 24.9 Å². The molecule has 0 aromatic heterocycles. The van der Waals surface area contributed by atoms with Crippen LogP contribution in [-0.2, 0) is 6.54 Å². The van der Waals surface area contributed by atoms with Crippen LogP contribution in [0, 0.1) is 5.92 Å². The molecule has 0 bridgehead atoms. The number of rotatable bonds is 7. The molecule has 4 nitrogen and oxygen atoms in total. The number of hydrogen-bond acceptors (Lipinski definition) is 3. The molecule has 1 amide bonds. The number of likely N-dealkylation sites (tertiary alicyclic amines) is 1. The number of hydrogen-bond donors (Lipinski definition) is 1. The second-order valence-electron chi connectivity index (χ2n) is 7.26. The topological polar surface area (TPSA) is 41.6 Å². The van der Waals surface area contributed by atoms with Gasteiger partial charge in [0.15, 0.2) is 0 Å². The Bertz CT molecular complexity index is 753. The van der Waals surface area contributed by atoms with Gasteiger partial charge in [-0.2, -0.15) is 0 Å². The van der Waals surface area contributed by atoms with E-state index in [2.05, 4.69) is 35.9 Å². The number of carbonyl (C=O) groups is 1. The van der Waals surface area contributed by atoms with Crippen LogP contribution in [0.25, 0.3) is 0 Å². The average Bonchev–Trinajstić information content (AvgIpc) is 2.68. The first kappa shape index (κ1) is 19.2. The largest absolute Gasteiger partial charge is 0.490 e. The Morgan fingerprint density at radius 1 is 1.22 bits per heavy atom. The standard InChI is InChI=1S/C23H28N2O2/c1-3-15-27-22-12-10-21(11-13-22)24-23(26)20-8-6-19(7-9-20)17-25-14-4-5-18(2)16-25/h3,6-13,18H,1,4-5,14-17H2,2H3,(H,24,26)/t18-/m1/s1. The van der Waals surface area contributed by atoms with Crippen LogP contribution in [0.1, 0.15) is 35.7 Å². The molecule has 1 saturated heterocycles. The molecule has 1 fully saturated rings. The van der Waals surface area contributed by atoms with Gasteiger partial charge in [0, 0.05) is 24.3 Å². The lowest BCUT2D eigenvalue weighted by molar-refractivity contribution is 0.102. The molecular weight excluding hydrogens is 336 g/mol. The van der Waals surface area contributed by atoms with Crippen molar-refractivity contribution < 1.29 is 9.53 Å². The van der Waals surface area contributed by atoms with Crippen molar-refractivity contribution in [3.05, 3.63) is 72.3 Å². The van der Waals surface area contributed by atoms with Crippen molar-refractivity contribution in [3.63, 3.8) is 0 Å². The fourth-order valence-corrected chi connectivity index (χ4v) is 3.44. The molecule has 0 radical (unpaired) electrons. The minimum Gasteiger partial charge on any atom is -0.490 e. The van der Waals surface area contributed by atoms with Gasteiger partial charge >= 0.3 is 0 Å². The van der Waals surface area contributed by atoms with Gasteiger partial charge in [0.1, 0.15) is 12.4 Å². The zero-order valence-electron chi connectivity index (χ0n) is 16.0. The molecule has 2 aromatic rings. The maximum atomic E-state index is 12.4. The number of nitrogens with one attached hydrogen (secondary N) is 1. The van der Waals surface area contributed by atoms with E-state index in [4.69, 9.17) is 4.74 Å². The summed E-state index contributed by atoms with van der Waals surface area (Å²) in [6.45, 7) is 9.69. The Labute approximate surface area is 161 Å². The van der Waals surface area contributed by atoms with Gasteiger partial charge in [0.05, 0.1) is 0 Å². The van der Waals surface area contributed by atoms with Crippen molar-refractivity contribution in [1.82, 2.24) is 4.90 Å². The number of carbonyl (C=O) groups excluding carboxylic acids is 1. The van der Waals surface area contributed by atoms with Crippen LogP contribution >= 0.6 is 0 Å². The summed E-state index contributed by atoms with van der Waals surface area (Å²) in [6.07, 6.45) is 4.31. The number of piperidine rings is 1. The van der Waals surface area contributed by atoms with Gasteiger partial charge < -0.3 is 10.1 Å². The van der Waals surface area contributed by atoms with E-state index in [1.807, 2.05) is 36.4 Å². The first-order chi connectivity index (χ1) is 13.1. The highest BCUT2D eigenvalue weighted by molar-refractivity contribution is 6.04. The predicted molar refractivity (Wildman–Crippen MR) is 110 cm³/mol. The number of nitrogens with zero attached hydrogens (tertiary/aromatic N) is 1.